The highest BCUT2D eigenvalue weighted by Crippen LogP contribution is 2.28. The quantitative estimate of drug-likeness (QED) is 0.823. The number of aliphatic carboxylic acids is 1. The predicted molar refractivity (Wildman–Crippen MR) is 63.4 cm³/mol. The molecular formula is C11H14N2O2S. The Balaban J connectivity index is 2.00. The van der Waals surface area contributed by atoms with Crippen LogP contribution in [0, 0.1) is 0 Å². The van der Waals surface area contributed by atoms with E-state index in [4.69, 9.17) is 0 Å². The molecule has 86 valence electrons. The van der Waals surface area contributed by atoms with E-state index < -0.39 is 11.5 Å². The molecule has 1 saturated heterocycles. The molecule has 0 saturated carbocycles. The van der Waals surface area contributed by atoms with Crippen molar-refractivity contribution < 1.29 is 9.90 Å². The number of carbonyl (C=O) groups is 1. The molecule has 0 aliphatic carbocycles. The molecule has 1 unspecified atom stereocenters. The van der Waals surface area contributed by atoms with Crippen LogP contribution in [-0.4, -0.2) is 33.1 Å². The van der Waals surface area contributed by atoms with Crippen molar-refractivity contribution in [1.82, 2.24) is 10.3 Å². The largest absolute Gasteiger partial charge is 0.480 e. The number of carboxylic acid groups (broad SMARTS) is 1. The van der Waals surface area contributed by atoms with E-state index in [0.29, 0.717) is 18.7 Å². The Morgan fingerprint density at radius 1 is 1.62 bits per heavy atom. The van der Waals surface area contributed by atoms with E-state index in [1.54, 1.807) is 18.0 Å². The molecule has 5 heteroatoms. The van der Waals surface area contributed by atoms with Gasteiger partial charge in [-0.15, -0.1) is 0 Å². The monoisotopic (exact) mass is 238 g/mol. The minimum atomic E-state index is -0.762. The molecule has 0 spiro atoms. The van der Waals surface area contributed by atoms with Crippen LogP contribution >= 0.6 is 11.8 Å². The SMILES string of the molecule is O=C(O)C1(NCc2ccccn2)CCSC1. The number of hydrogen-bond donors (Lipinski definition) is 2. The fraction of sp³-hybridized carbons (Fsp3) is 0.455. The van der Waals surface area contributed by atoms with Gasteiger partial charge in [0.25, 0.3) is 0 Å². The summed E-state index contributed by atoms with van der Waals surface area (Å²) in [6.07, 6.45) is 2.40. The zero-order chi connectivity index (χ0) is 11.4. The molecular weight excluding hydrogens is 224 g/mol. The summed E-state index contributed by atoms with van der Waals surface area (Å²) >= 11 is 1.68. The number of thioether (sulfide) groups is 1. The Bertz CT molecular complexity index is 364. The number of aromatic nitrogens is 1. The molecule has 0 amide bonds. The van der Waals surface area contributed by atoms with Gasteiger partial charge in [0.1, 0.15) is 5.54 Å². The van der Waals surface area contributed by atoms with Gasteiger partial charge in [0.15, 0.2) is 0 Å². The summed E-state index contributed by atoms with van der Waals surface area (Å²) in [6, 6.07) is 5.65. The minimum absolute atomic E-state index is 0.508. The Hall–Kier alpha value is -1.07. The summed E-state index contributed by atoms with van der Waals surface area (Å²) in [6.45, 7) is 0.508. The summed E-state index contributed by atoms with van der Waals surface area (Å²) in [5.74, 6) is 0.782. The Morgan fingerprint density at radius 3 is 3.06 bits per heavy atom. The van der Waals surface area contributed by atoms with Crippen LogP contribution in [0.1, 0.15) is 12.1 Å². The molecule has 1 aromatic rings. The first-order valence-corrected chi connectivity index (χ1v) is 6.34. The molecule has 1 fully saturated rings. The third-order valence-electron chi connectivity index (χ3n) is 2.77. The van der Waals surface area contributed by atoms with Crippen LogP contribution in [0.2, 0.25) is 0 Å². The topological polar surface area (TPSA) is 62.2 Å². The maximum atomic E-state index is 11.2. The number of pyridine rings is 1. The predicted octanol–water partition coefficient (Wildman–Crippen LogP) is 1.13. The fourth-order valence-corrected chi connectivity index (χ4v) is 3.07. The zero-order valence-electron chi connectivity index (χ0n) is 8.85. The van der Waals surface area contributed by atoms with Gasteiger partial charge in [-0.1, -0.05) is 6.07 Å². The van der Waals surface area contributed by atoms with Crippen molar-refractivity contribution in [2.45, 2.75) is 18.5 Å². The van der Waals surface area contributed by atoms with E-state index in [2.05, 4.69) is 10.3 Å². The number of carboxylic acids is 1. The van der Waals surface area contributed by atoms with E-state index in [-0.39, 0.29) is 0 Å². The number of nitrogens with zero attached hydrogens (tertiary/aromatic N) is 1. The standard InChI is InChI=1S/C11H14N2O2S/c14-10(15)11(4-6-16-8-11)13-7-9-3-1-2-5-12-9/h1-3,5,13H,4,6-8H2,(H,14,15). The van der Waals surface area contributed by atoms with Crippen LogP contribution < -0.4 is 5.32 Å². The van der Waals surface area contributed by atoms with Gasteiger partial charge in [-0.05, 0) is 24.3 Å². The average molecular weight is 238 g/mol. The summed E-state index contributed by atoms with van der Waals surface area (Å²) < 4.78 is 0. The number of hydrogen-bond acceptors (Lipinski definition) is 4. The fourth-order valence-electron chi connectivity index (χ4n) is 1.71. The first-order chi connectivity index (χ1) is 7.73. The van der Waals surface area contributed by atoms with Gasteiger partial charge < -0.3 is 5.11 Å². The zero-order valence-corrected chi connectivity index (χ0v) is 9.67. The molecule has 2 N–H and O–H groups in total. The van der Waals surface area contributed by atoms with Crippen LogP contribution in [0.4, 0.5) is 0 Å². The van der Waals surface area contributed by atoms with E-state index in [0.717, 1.165) is 11.4 Å². The third-order valence-corrected chi connectivity index (χ3v) is 3.95. The molecule has 0 radical (unpaired) electrons. The first-order valence-electron chi connectivity index (χ1n) is 5.19. The van der Waals surface area contributed by atoms with Crippen LogP contribution in [-0.2, 0) is 11.3 Å². The average Bonchev–Trinajstić information content (AvgIpc) is 2.78. The van der Waals surface area contributed by atoms with Gasteiger partial charge in [-0.3, -0.25) is 15.1 Å². The summed E-state index contributed by atoms with van der Waals surface area (Å²) in [5.41, 5.74) is 0.113. The van der Waals surface area contributed by atoms with Gasteiger partial charge >= 0.3 is 5.97 Å². The lowest BCUT2D eigenvalue weighted by Crippen LogP contribution is -2.51. The van der Waals surface area contributed by atoms with E-state index in [1.807, 2.05) is 18.2 Å². The highest BCUT2D eigenvalue weighted by Gasteiger charge is 2.41. The molecule has 1 aliphatic rings. The molecule has 16 heavy (non-hydrogen) atoms. The van der Waals surface area contributed by atoms with Crippen molar-refractivity contribution in [3.05, 3.63) is 30.1 Å². The molecule has 2 heterocycles. The molecule has 4 nitrogen and oxygen atoms in total. The van der Waals surface area contributed by atoms with Crippen LogP contribution in [0.3, 0.4) is 0 Å². The smallest absolute Gasteiger partial charge is 0.324 e. The lowest BCUT2D eigenvalue weighted by atomic mass is 9.99. The van der Waals surface area contributed by atoms with Crippen molar-refractivity contribution in [3.63, 3.8) is 0 Å². The molecule has 0 aromatic carbocycles. The van der Waals surface area contributed by atoms with Gasteiger partial charge in [-0.25, -0.2) is 0 Å². The highest BCUT2D eigenvalue weighted by molar-refractivity contribution is 7.99. The van der Waals surface area contributed by atoms with E-state index in [1.165, 1.54) is 0 Å². The second-order valence-electron chi connectivity index (χ2n) is 3.86. The van der Waals surface area contributed by atoms with Gasteiger partial charge in [0, 0.05) is 18.5 Å². The summed E-state index contributed by atoms with van der Waals surface area (Å²) in [7, 11) is 0. The van der Waals surface area contributed by atoms with Gasteiger partial charge in [-0.2, -0.15) is 11.8 Å². The van der Waals surface area contributed by atoms with Crippen molar-refractivity contribution in [1.29, 1.82) is 0 Å². The van der Waals surface area contributed by atoms with Crippen LogP contribution in [0.15, 0.2) is 24.4 Å². The molecule has 2 rings (SSSR count). The molecule has 1 aromatic heterocycles. The van der Waals surface area contributed by atoms with Crippen LogP contribution in [0.25, 0.3) is 0 Å². The van der Waals surface area contributed by atoms with Crippen molar-refractivity contribution in [3.8, 4) is 0 Å². The molecule has 1 atom stereocenters. The van der Waals surface area contributed by atoms with Crippen molar-refractivity contribution >= 4 is 17.7 Å². The highest BCUT2D eigenvalue weighted by atomic mass is 32.2. The first kappa shape index (κ1) is 11.4. The number of nitrogens with one attached hydrogen (secondary N) is 1. The normalized spacial score (nSPS) is 24.5. The van der Waals surface area contributed by atoms with Crippen molar-refractivity contribution in [2.24, 2.45) is 0 Å². The Kier molecular flexibility index (Phi) is 3.46. The van der Waals surface area contributed by atoms with Gasteiger partial charge in [0.05, 0.1) is 5.69 Å². The Labute approximate surface area is 98.5 Å². The van der Waals surface area contributed by atoms with E-state index >= 15 is 0 Å². The third kappa shape index (κ3) is 2.36. The van der Waals surface area contributed by atoms with Crippen LogP contribution in [0.5, 0.6) is 0 Å². The second-order valence-corrected chi connectivity index (χ2v) is 4.97. The molecule has 0 bridgehead atoms. The minimum Gasteiger partial charge on any atom is -0.480 e. The Morgan fingerprint density at radius 2 is 2.50 bits per heavy atom. The lowest BCUT2D eigenvalue weighted by Gasteiger charge is -2.24. The molecule has 1 aliphatic heterocycles. The van der Waals surface area contributed by atoms with Gasteiger partial charge in [0.2, 0.25) is 0 Å². The van der Waals surface area contributed by atoms with E-state index in [9.17, 15) is 9.90 Å². The van der Waals surface area contributed by atoms with Crippen molar-refractivity contribution in [2.75, 3.05) is 11.5 Å². The lowest BCUT2D eigenvalue weighted by molar-refractivity contribution is -0.143. The maximum absolute atomic E-state index is 11.2. The number of rotatable bonds is 4. The summed E-state index contributed by atoms with van der Waals surface area (Å²) in [4.78, 5) is 15.4. The summed E-state index contributed by atoms with van der Waals surface area (Å²) in [5, 5.41) is 12.4. The second kappa shape index (κ2) is 4.84. The maximum Gasteiger partial charge on any atom is 0.324 e.